The van der Waals surface area contributed by atoms with Gasteiger partial charge in [-0.2, -0.15) is 0 Å². The van der Waals surface area contributed by atoms with Gasteiger partial charge in [-0.25, -0.2) is 9.97 Å². The van der Waals surface area contributed by atoms with Crippen molar-refractivity contribution in [3.8, 4) is 22.9 Å². The maximum atomic E-state index is 6.60. The summed E-state index contributed by atoms with van der Waals surface area (Å²) in [5.74, 6) is 1.46. The molecule has 0 radical (unpaired) electrons. The third-order valence-electron chi connectivity index (χ3n) is 6.77. The predicted octanol–water partition coefficient (Wildman–Crippen LogP) is 6.59. The zero-order valence-electron chi connectivity index (χ0n) is 19.4. The molecule has 1 unspecified atom stereocenters. The van der Waals surface area contributed by atoms with Gasteiger partial charge >= 0.3 is 0 Å². The Morgan fingerprint density at radius 2 is 2.03 bits per heavy atom. The second-order valence-corrected chi connectivity index (χ2v) is 9.19. The minimum Gasteiger partial charge on any atom is -0.496 e. The second kappa shape index (κ2) is 9.12. The highest BCUT2D eigenvalue weighted by Crippen LogP contribution is 2.44. The van der Waals surface area contributed by atoms with Gasteiger partial charge in [0, 0.05) is 33.8 Å². The number of halogens is 1. The van der Waals surface area contributed by atoms with Crippen LogP contribution in [0.25, 0.3) is 22.2 Å². The molecule has 1 aliphatic rings. The zero-order chi connectivity index (χ0) is 23.8. The Balaban J connectivity index is 1.39. The van der Waals surface area contributed by atoms with E-state index in [0.29, 0.717) is 12.5 Å². The number of benzene rings is 2. The van der Waals surface area contributed by atoms with Crippen LogP contribution in [0.2, 0.25) is 5.02 Å². The van der Waals surface area contributed by atoms with Crippen LogP contribution in [0.15, 0.2) is 73.4 Å². The summed E-state index contributed by atoms with van der Waals surface area (Å²) < 4.78 is 14.0. The quantitative estimate of drug-likeness (QED) is 0.295. The minimum atomic E-state index is 0.0884. The molecule has 176 valence electrons. The van der Waals surface area contributed by atoms with E-state index in [0.717, 1.165) is 63.3 Å². The number of pyridine rings is 1. The van der Waals surface area contributed by atoms with Crippen LogP contribution in [0.5, 0.6) is 11.6 Å². The summed E-state index contributed by atoms with van der Waals surface area (Å²) in [6, 6.07) is 16.1. The van der Waals surface area contributed by atoms with Crippen molar-refractivity contribution >= 4 is 22.5 Å². The fraction of sp³-hybridized carbons (Fsp3) is 0.214. The second-order valence-electron chi connectivity index (χ2n) is 8.78. The number of ether oxygens (including phenoxy) is 2. The molecular formula is C28H25ClN4O2. The summed E-state index contributed by atoms with van der Waals surface area (Å²) in [4.78, 5) is 12.4. The maximum Gasteiger partial charge on any atom is 0.214 e. The Labute approximate surface area is 208 Å². The number of hydrogen-bond donors (Lipinski definition) is 1. The van der Waals surface area contributed by atoms with Crippen LogP contribution in [-0.2, 0) is 13.0 Å². The average molecular weight is 485 g/mol. The molecule has 0 spiro atoms. The lowest BCUT2D eigenvalue weighted by atomic mass is 9.86. The summed E-state index contributed by atoms with van der Waals surface area (Å²) in [5, 5.41) is 1.84. The van der Waals surface area contributed by atoms with Gasteiger partial charge in [0.25, 0.3) is 0 Å². The van der Waals surface area contributed by atoms with Crippen LogP contribution < -0.4 is 9.47 Å². The lowest BCUT2D eigenvalue weighted by Gasteiger charge is -2.30. The number of aromatic nitrogens is 4. The Morgan fingerprint density at radius 3 is 2.89 bits per heavy atom. The molecule has 0 saturated heterocycles. The molecule has 7 heteroatoms. The van der Waals surface area contributed by atoms with Crippen molar-refractivity contribution in [1.29, 1.82) is 0 Å². The maximum absolute atomic E-state index is 6.60. The highest BCUT2D eigenvalue weighted by molar-refractivity contribution is 6.31. The third-order valence-corrected chi connectivity index (χ3v) is 7.12. The van der Waals surface area contributed by atoms with Crippen LogP contribution in [0.1, 0.15) is 35.6 Å². The number of rotatable bonds is 6. The number of nitrogens with zero attached hydrogens (tertiary/aromatic N) is 3. The number of imidazole rings is 1. The molecule has 6 nitrogen and oxygen atoms in total. The molecule has 1 aliphatic carbocycles. The first-order valence-electron chi connectivity index (χ1n) is 11.7. The van der Waals surface area contributed by atoms with E-state index < -0.39 is 0 Å². The molecule has 1 atom stereocenters. The van der Waals surface area contributed by atoms with E-state index >= 15 is 0 Å². The summed E-state index contributed by atoms with van der Waals surface area (Å²) in [7, 11) is 1.72. The topological polar surface area (TPSA) is 65.0 Å². The molecule has 0 fully saturated rings. The predicted molar refractivity (Wildman–Crippen MR) is 137 cm³/mol. The number of hydrogen-bond acceptors (Lipinski definition) is 4. The first kappa shape index (κ1) is 21.7. The van der Waals surface area contributed by atoms with Crippen LogP contribution in [0.3, 0.4) is 0 Å². The molecule has 3 aromatic heterocycles. The van der Waals surface area contributed by atoms with E-state index in [1.165, 1.54) is 5.56 Å². The summed E-state index contributed by atoms with van der Waals surface area (Å²) in [6.07, 6.45) is 10.6. The zero-order valence-corrected chi connectivity index (χ0v) is 20.1. The minimum absolute atomic E-state index is 0.0884. The molecule has 0 saturated carbocycles. The molecule has 6 rings (SSSR count). The average Bonchev–Trinajstić information content (AvgIpc) is 3.55. The third kappa shape index (κ3) is 3.94. The first-order valence-corrected chi connectivity index (χ1v) is 12.1. The number of H-pyrrole nitrogens is 1. The largest absolute Gasteiger partial charge is 0.496 e. The van der Waals surface area contributed by atoms with Gasteiger partial charge < -0.3 is 19.0 Å². The fourth-order valence-corrected chi connectivity index (χ4v) is 5.35. The van der Waals surface area contributed by atoms with Crippen molar-refractivity contribution in [3.05, 3.63) is 95.2 Å². The lowest BCUT2D eigenvalue weighted by Crippen LogP contribution is -2.19. The standard InChI is InChI=1S/C28H25ClN4O2/c1-34-26-11-10-22(29)19-8-5-9-24(28(19)26)33-17-30-15-25(33)21-13-31-23-14-32-27(12-20(21)23)35-16-18-6-3-2-4-7-18/h2-4,6-7,10-15,17,24,31H,5,8-9,16H2,1H3. The van der Waals surface area contributed by atoms with Gasteiger partial charge in [-0.05, 0) is 42.5 Å². The van der Waals surface area contributed by atoms with Gasteiger partial charge in [0.2, 0.25) is 5.88 Å². The van der Waals surface area contributed by atoms with Crippen LogP contribution in [0, 0.1) is 0 Å². The van der Waals surface area contributed by atoms with Crippen LogP contribution >= 0.6 is 11.6 Å². The SMILES string of the molecule is COc1ccc(Cl)c2c1C(n1cncc1-c1c[nH]c3cnc(OCc4ccccc4)cc13)CCC2. The molecule has 5 aromatic rings. The lowest BCUT2D eigenvalue weighted by molar-refractivity contribution is 0.294. The Hall–Kier alpha value is -3.77. The molecule has 3 heterocycles. The van der Waals surface area contributed by atoms with Gasteiger partial charge in [-0.1, -0.05) is 41.9 Å². The van der Waals surface area contributed by atoms with E-state index in [9.17, 15) is 0 Å². The summed E-state index contributed by atoms with van der Waals surface area (Å²) in [5.41, 5.74) is 6.45. The van der Waals surface area contributed by atoms with E-state index in [1.54, 1.807) is 7.11 Å². The highest BCUT2D eigenvalue weighted by atomic mass is 35.5. The smallest absolute Gasteiger partial charge is 0.214 e. The normalized spacial score (nSPS) is 15.2. The monoisotopic (exact) mass is 484 g/mol. The van der Waals surface area contributed by atoms with Crippen molar-refractivity contribution in [2.75, 3.05) is 7.11 Å². The number of aromatic amines is 1. The van der Waals surface area contributed by atoms with E-state index in [4.69, 9.17) is 21.1 Å². The van der Waals surface area contributed by atoms with E-state index in [-0.39, 0.29) is 6.04 Å². The molecular weight excluding hydrogens is 460 g/mol. The fourth-order valence-electron chi connectivity index (χ4n) is 5.09. The summed E-state index contributed by atoms with van der Waals surface area (Å²) in [6.45, 7) is 0.469. The van der Waals surface area contributed by atoms with Crippen LogP contribution in [-0.4, -0.2) is 26.6 Å². The van der Waals surface area contributed by atoms with E-state index in [1.807, 2.05) is 73.4 Å². The first-order chi connectivity index (χ1) is 17.2. The van der Waals surface area contributed by atoms with Gasteiger partial charge in [0.1, 0.15) is 12.4 Å². The Morgan fingerprint density at radius 1 is 1.14 bits per heavy atom. The number of methoxy groups -OCH3 is 1. The van der Waals surface area contributed by atoms with Crippen molar-refractivity contribution < 1.29 is 9.47 Å². The van der Waals surface area contributed by atoms with E-state index in [2.05, 4.69) is 19.5 Å². The molecule has 0 amide bonds. The molecule has 35 heavy (non-hydrogen) atoms. The molecule has 0 bridgehead atoms. The summed E-state index contributed by atoms with van der Waals surface area (Å²) >= 11 is 6.60. The number of nitrogens with one attached hydrogen (secondary N) is 1. The molecule has 1 N–H and O–H groups in total. The van der Waals surface area contributed by atoms with Gasteiger partial charge in [0.15, 0.2) is 0 Å². The Kier molecular flexibility index (Phi) is 5.66. The van der Waals surface area contributed by atoms with Gasteiger partial charge in [-0.3, -0.25) is 0 Å². The van der Waals surface area contributed by atoms with Gasteiger partial charge in [0.05, 0.1) is 43.1 Å². The van der Waals surface area contributed by atoms with Crippen molar-refractivity contribution in [3.63, 3.8) is 0 Å². The molecule has 2 aromatic carbocycles. The van der Waals surface area contributed by atoms with Crippen molar-refractivity contribution in [2.45, 2.75) is 31.9 Å². The Bertz CT molecular complexity index is 1490. The highest BCUT2D eigenvalue weighted by Gasteiger charge is 2.29. The van der Waals surface area contributed by atoms with Gasteiger partial charge in [-0.15, -0.1) is 0 Å². The van der Waals surface area contributed by atoms with Crippen molar-refractivity contribution in [2.24, 2.45) is 0 Å². The van der Waals surface area contributed by atoms with Crippen molar-refractivity contribution in [1.82, 2.24) is 19.5 Å². The molecule has 0 aliphatic heterocycles. The number of fused-ring (bicyclic) bond motifs is 2. The van der Waals surface area contributed by atoms with Crippen LogP contribution in [0.4, 0.5) is 0 Å².